The Morgan fingerprint density at radius 1 is 1.00 bits per heavy atom. The average Bonchev–Trinajstić information content (AvgIpc) is 2.46. The first-order chi connectivity index (χ1) is 9.24. The summed E-state index contributed by atoms with van der Waals surface area (Å²) in [5.74, 6) is 1.36. The third-order valence-corrected chi connectivity index (χ3v) is 3.50. The van der Waals surface area contributed by atoms with Crippen molar-refractivity contribution in [1.29, 1.82) is 0 Å². The third kappa shape index (κ3) is 1.87. The number of benzene rings is 2. The van der Waals surface area contributed by atoms with E-state index in [0.717, 1.165) is 21.8 Å². The van der Waals surface area contributed by atoms with Crippen molar-refractivity contribution in [2.45, 2.75) is 0 Å². The highest BCUT2D eigenvalue weighted by Crippen LogP contribution is 2.38. The molecule has 0 atom stereocenters. The second-order valence-electron chi connectivity index (χ2n) is 4.17. The highest BCUT2D eigenvalue weighted by atomic mass is 35.5. The fourth-order valence-electron chi connectivity index (χ4n) is 2.18. The number of ether oxygens (including phenoxy) is 2. The smallest absolute Gasteiger partial charge is 0.133 e. The molecule has 0 radical (unpaired) electrons. The lowest BCUT2D eigenvalue weighted by atomic mass is 10.1. The van der Waals surface area contributed by atoms with Gasteiger partial charge in [-0.3, -0.25) is 0 Å². The Bertz CT molecular complexity index is 771. The van der Waals surface area contributed by atoms with Crippen LogP contribution in [0.2, 0.25) is 5.02 Å². The van der Waals surface area contributed by atoms with Crippen LogP contribution in [0, 0.1) is 0 Å². The molecule has 3 rings (SSSR count). The molecule has 0 aliphatic rings. The molecule has 0 amide bonds. The van der Waals surface area contributed by atoms with Crippen molar-refractivity contribution in [3.05, 3.63) is 41.4 Å². The lowest BCUT2D eigenvalue weighted by Crippen LogP contribution is -1.92. The zero-order valence-corrected chi connectivity index (χ0v) is 11.4. The first kappa shape index (κ1) is 12.1. The van der Waals surface area contributed by atoms with Crippen LogP contribution < -0.4 is 9.47 Å². The summed E-state index contributed by atoms with van der Waals surface area (Å²) < 4.78 is 10.6. The molecule has 4 heteroatoms. The SMILES string of the molecule is COc1cc(OC)c2c(Cl)c3ccccc3nc2c1. The maximum atomic E-state index is 6.49. The number of methoxy groups -OCH3 is 2. The van der Waals surface area contributed by atoms with Crippen LogP contribution in [-0.2, 0) is 0 Å². The molecule has 96 valence electrons. The number of para-hydroxylation sites is 1. The van der Waals surface area contributed by atoms with Crippen LogP contribution in [0.1, 0.15) is 0 Å². The van der Waals surface area contributed by atoms with Crippen LogP contribution >= 0.6 is 11.6 Å². The summed E-state index contributed by atoms with van der Waals surface area (Å²) in [6.45, 7) is 0. The Balaban J connectivity index is 2.50. The van der Waals surface area contributed by atoms with Gasteiger partial charge in [-0.05, 0) is 6.07 Å². The van der Waals surface area contributed by atoms with Crippen LogP contribution in [0.4, 0.5) is 0 Å². The molecule has 0 unspecified atom stereocenters. The fourth-order valence-corrected chi connectivity index (χ4v) is 2.53. The van der Waals surface area contributed by atoms with Crippen molar-refractivity contribution >= 4 is 33.4 Å². The normalized spacial score (nSPS) is 10.9. The van der Waals surface area contributed by atoms with Gasteiger partial charge in [-0.25, -0.2) is 4.98 Å². The third-order valence-electron chi connectivity index (χ3n) is 3.11. The number of rotatable bonds is 2. The van der Waals surface area contributed by atoms with E-state index in [2.05, 4.69) is 4.98 Å². The topological polar surface area (TPSA) is 31.4 Å². The van der Waals surface area contributed by atoms with Gasteiger partial charge in [0.1, 0.15) is 11.5 Å². The lowest BCUT2D eigenvalue weighted by Gasteiger charge is -2.11. The largest absolute Gasteiger partial charge is 0.497 e. The predicted octanol–water partition coefficient (Wildman–Crippen LogP) is 4.06. The first-order valence-electron chi connectivity index (χ1n) is 5.84. The fraction of sp³-hybridized carbons (Fsp3) is 0.133. The number of fused-ring (bicyclic) bond motifs is 2. The summed E-state index contributed by atoms with van der Waals surface area (Å²) in [4.78, 5) is 4.61. The molecule has 0 saturated carbocycles. The van der Waals surface area contributed by atoms with Gasteiger partial charge in [0, 0.05) is 17.5 Å². The summed E-state index contributed by atoms with van der Waals surface area (Å²) in [5.41, 5.74) is 1.62. The van der Waals surface area contributed by atoms with Crippen LogP contribution in [0.25, 0.3) is 21.8 Å². The summed E-state index contributed by atoms with van der Waals surface area (Å²) in [7, 11) is 3.23. The number of pyridine rings is 1. The van der Waals surface area contributed by atoms with Crippen LogP contribution in [-0.4, -0.2) is 19.2 Å². The minimum Gasteiger partial charge on any atom is -0.497 e. The van der Waals surface area contributed by atoms with E-state index in [9.17, 15) is 0 Å². The van der Waals surface area contributed by atoms with Gasteiger partial charge in [-0.1, -0.05) is 29.8 Å². The highest BCUT2D eigenvalue weighted by molar-refractivity contribution is 6.40. The van der Waals surface area contributed by atoms with Crippen LogP contribution in [0.15, 0.2) is 36.4 Å². The van der Waals surface area contributed by atoms with Crippen molar-refractivity contribution in [3.63, 3.8) is 0 Å². The highest BCUT2D eigenvalue weighted by Gasteiger charge is 2.13. The van der Waals surface area contributed by atoms with Crippen molar-refractivity contribution in [3.8, 4) is 11.5 Å². The minimum absolute atomic E-state index is 0.653. The average molecular weight is 274 g/mol. The summed E-state index contributed by atoms with van der Waals surface area (Å²) in [5, 5.41) is 2.38. The van der Waals surface area contributed by atoms with Gasteiger partial charge >= 0.3 is 0 Å². The van der Waals surface area contributed by atoms with Gasteiger partial charge in [0.15, 0.2) is 0 Å². The van der Waals surface area contributed by atoms with Crippen molar-refractivity contribution in [2.75, 3.05) is 14.2 Å². The van der Waals surface area contributed by atoms with E-state index < -0.39 is 0 Å². The second-order valence-corrected chi connectivity index (χ2v) is 4.54. The van der Waals surface area contributed by atoms with E-state index in [4.69, 9.17) is 21.1 Å². The number of aromatic nitrogens is 1. The molecule has 2 aromatic carbocycles. The van der Waals surface area contributed by atoms with Gasteiger partial charge in [0.25, 0.3) is 0 Å². The Morgan fingerprint density at radius 2 is 1.79 bits per heavy atom. The molecular weight excluding hydrogens is 262 g/mol. The zero-order valence-electron chi connectivity index (χ0n) is 10.6. The number of halogens is 1. The molecule has 0 aliphatic heterocycles. The molecule has 1 heterocycles. The second kappa shape index (κ2) is 4.59. The Hall–Kier alpha value is -2.00. The Kier molecular flexibility index (Phi) is 2.91. The number of hydrogen-bond donors (Lipinski definition) is 0. The molecule has 19 heavy (non-hydrogen) atoms. The lowest BCUT2D eigenvalue weighted by molar-refractivity contribution is 0.398. The molecule has 0 spiro atoms. The van der Waals surface area contributed by atoms with Gasteiger partial charge in [-0.15, -0.1) is 0 Å². The van der Waals surface area contributed by atoms with E-state index >= 15 is 0 Å². The van der Waals surface area contributed by atoms with Crippen molar-refractivity contribution < 1.29 is 9.47 Å². The Morgan fingerprint density at radius 3 is 2.53 bits per heavy atom. The quantitative estimate of drug-likeness (QED) is 0.660. The van der Waals surface area contributed by atoms with Gasteiger partial charge < -0.3 is 9.47 Å². The monoisotopic (exact) mass is 273 g/mol. The molecule has 3 aromatic rings. The van der Waals surface area contributed by atoms with E-state index in [1.807, 2.05) is 36.4 Å². The summed E-state index contributed by atoms with van der Waals surface area (Å²) in [6, 6.07) is 11.4. The van der Waals surface area contributed by atoms with Crippen LogP contribution in [0.5, 0.6) is 11.5 Å². The predicted molar refractivity (Wildman–Crippen MR) is 77.4 cm³/mol. The zero-order chi connectivity index (χ0) is 13.4. The van der Waals surface area contributed by atoms with Crippen molar-refractivity contribution in [2.24, 2.45) is 0 Å². The van der Waals surface area contributed by atoms with Gasteiger partial charge in [0.05, 0.1) is 35.7 Å². The molecule has 0 fully saturated rings. The first-order valence-corrected chi connectivity index (χ1v) is 6.22. The number of hydrogen-bond acceptors (Lipinski definition) is 3. The van der Waals surface area contributed by atoms with E-state index in [0.29, 0.717) is 16.5 Å². The maximum Gasteiger partial charge on any atom is 0.133 e. The maximum absolute atomic E-state index is 6.49. The van der Waals surface area contributed by atoms with Gasteiger partial charge in [-0.2, -0.15) is 0 Å². The Labute approximate surface area is 115 Å². The minimum atomic E-state index is 0.653. The molecule has 0 saturated heterocycles. The summed E-state index contributed by atoms with van der Waals surface area (Å²) >= 11 is 6.49. The standard InChI is InChI=1S/C15H12ClNO2/c1-18-9-7-12-14(13(8-9)19-2)15(16)10-5-3-4-6-11(10)17-12/h3-8H,1-2H3. The van der Waals surface area contributed by atoms with E-state index in [-0.39, 0.29) is 0 Å². The van der Waals surface area contributed by atoms with Crippen LogP contribution in [0.3, 0.4) is 0 Å². The van der Waals surface area contributed by atoms with E-state index in [1.54, 1.807) is 14.2 Å². The molecule has 3 nitrogen and oxygen atoms in total. The molecule has 0 bridgehead atoms. The molecule has 0 N–H and O–H groups in total. The van der Waals surface area contributed by atoms with Crippen molar-refractivity contribution in [1.82, 2.24) is 4.98 Å². The molecular formula is C15H12ClNO2. The summed E-state index contributed by atoms with van der Waals surface area (Å²) in [6.07, 6.45) is 0. The molecule has 1 aromatic heterocycles. The molecule has 0 aliphatic carbocycles. The van der Waals surface area contributed by atoms with E-state index in [1.165, 1.54) is 0 Å². The number of nitrogens with zero attached hydrogens (tertiary/aromatic N) is 1. The van der Waals surface area contributed by atoms with Gasteiger partial charge in [0.2, 0.25) is 0 Å².